The minimum Gasteiger partial charge on any atom is -0.466 e. The lowest BCUT2D eigenvalue weighted by molar-refractivity contribution is 0.385. The highest BCUT2D eigenvalue weighted by Crippen LogP contribution is 2.26. The van der Waals surface area contributed by atoms with Gasteiger partial charge in [0, 0.05) is 22.6 Å². The fourth-order valence-corrected chi connectivity index (χ4v) is 2.36. The summed E-state index contributed by atoms with van der Waals surface area (Å²) < 4.78 is 6.71. The fourth-order valence-electron chi connectivity index (χ4n) is 1.92. The first-order valence-corrected chi connectivity index (χ1v) is 7.11. The Labute approximate surface area is 122 Å². The van der Waals surface area contributed by atoms with Crippen LogP contribution < -0.4 is 5.32 Å². The Morgan fingerprint density at radius 2 is 2.05 bits per heavy atom. The standard InChI is InChI=1S/C15H19BrN2O/c1-10-7-12(16)8-17-14(10)18-9-15(3,4)13-6-5-11(2)19-13/h5-8H,9H2,1-4H3,(H,17,18). The Bertz CT molecular complexity index is 575. The number of aryl methyl sites for hydroxylation is 2. The molecule has 0 fully saturated rings. The van der Waals surface area contributed by atoms with E-state index in [9.17, 15) is 0 Å². The number of aromatic nitrogens is 1. The zero-order valence-corrected chi connectivity index (χ0v) is 13.3. The van der Waals surface area contributed by atoms with Gasteiger partial charge in [0.15, 0.2) is 0 Å². The van der Waals surface area contributed by atoms with Crippen molar-refractivity contribution in [3.8, 4) is 0 Å². The molecule has 0 unspecified atom stereocenters. The molecule has 2 rings (SSSR count). The van der Waals surface area contributed by atoms with Crippen molar-refractivity contribution in [2.24, 2.45) is 0 Å². The smallest absolute Gasteiger partial charge is 0.128 e. The van der Waals surface area contributed by atoms with Crippen LogP contribution in [0.15, 0.2) is 33.3 Å². The number of hydrogen-bond donors (Lipinski definition) is 1. The molecule has 3 nitrogen and oxygen atoms in total. The third-order valence-corrected chi connectivity index (χ3v) is 3.58. The maximum atomic E-state index is 5.72. The summed E-state index contributed by atoms with van der Waals surface area (Å²) >= 11 is 3.42. The van der Waals surface area contributed by atoms with Crippen LogP contribution in [0.4, 0.5) is 5.82 Å². The molecule has 4 heteroatoms. The van der Waals surface area contributed by atoms with E-state index < -0.39 is 0 Å². The van der Waals surface area contributed by atoms with Crippen molar-refractivity contribution in [3.05, 3.63) is 46.0 Å². The number of hydrogen-bond acceptors (Lipinski definition) is 3. The number of halogens is 1. The normalized spacial score (nSPS) is 11.6. The number of anilines is 1. The molecule has 0 aliphatic rings. The number of nitrogens with zero attached hydrogens (tertiary/aromatic N) is 1. The summed E-state index contributed by atoms with van der Waals surface area (Å²) in [5, 5.41) is 3.40. The molecule has 0 saturated heterocycles. The second-order valence-electron chi connectivity index (χ2n) is 5.47. The Hall–Kier alpha value is -1.29. The number of pyridine rings is 1. The van der Waals surface area contributed by atoms with E-state index in [1.54, 1.807) is 6.20 Å². The highest BCUT2D eigenvalue weighted by molar-refractivity contribution is 9.10. The summed E-state index contributed by atoms with van der Waals surface area (Å²) in [7, 11) is 0. The Kier molecular flexibility index (Phi) is 3.99. The van der Waals surface area contributed by atoms with Gasteiger partial charge in [-0.05, 0) is 53.5 Å². The van der Waals surface area contributed by atoms with Gasteiger partial charge >= 0.3 is 0 Å². The van der Waals surface area contributed by atoms with E-state index in [0.717, 1.165) is 33.9 Å². The second-order valence-corrected chi connectivity index (χ2v) is 6.38. The van der Waals surface area contributed by atoms with Crippen LogP contribution in [0.3, 0.4) is 0 Å². The van der Waals surface area contributed by atoms with Crippen LogP contribution in [0.2, 0.25) is 0 Å². The van der Waals surface area contributed by atoms with Crippen LogP contribution in [-0.4, -0.2) is 11.5 Å². The van der Waals surface area contributed by atoms with Crippen molar-refractivity contribution in [1.82, 2.24) is 4.98 Å². The first-order valence-electron chi connectivity index (χ1n) is 6.31. The van der Waals surface area contributed by atoms with Gasteiger partial charge in [-0.25, -0.2) is 4.98 Å². The van der Waals surface area contributed by atoms with Crippen LogP contribution in [0.25, 0.3) is 0 Å². The van der Waals surface area contributed by atoms with E-state index in [0.29, 0.717) is 0 Å². The first-order chi connectivity index (χ1) is 8.88. The van der Waals surface area contributed by atoms with Gasteiger partial charge < -0.3 is 9.73 Å². The monoisotopic (exact) mass is 322 g/mol. The van der Waals surface area contributed by atoms with Gasteiger partial charge in [0.25, 0.3) is 0 Å². The van der Waals surface area contributed by atoms with Crippen LogP contribution in [0.1, 0.15) is 30.9 Å². The molecule has 2 heterocycles. The molecule has 1 N–H and O–H groups in total. The number of furan rings is 1. The number of nitrogens with one attached hydrogen (secondary N) is 1. The minimum absolute atomic E-state index is 0.0740. The molecule has 19 heavy (non-hydrogen) atoms. The fraction of sp³-hybridized carbons (Fsp3) is 0.400. The summed E-state index contributed by atoms with van der Waals surface area (Å²) in [4.78, 5) is 4.39. The molecule has 0 radical (unpaired) electrons. The van der Waals surface area contributed by atoms with Crippen molar-refractivity contribution in [2.45, 2.75) is 33.1 Å². The van der Waals surface area contributed by atoms with Gasteiger partial charge in [0.05, 0.1) is 0 Å². The average molecular weight is 323 g/mol. The lowest BCUT2D eigenvalue weighted by Gasteiger charge is -2.23. The molecule has 0 aromatic carbocycles. The topological polar surface area (TPSA) is 38.1 Å². The molecular weight excluding hydrogens is 304 g/mol. The van der Waals surface area contributed by atoms with Gasteiger partial charge in [-0.3, -0.25) is 0 Å². The predicted molar refractivity (Wildman–Crippen MR) is 81.6 cm³/mol. The van der Waals surface area contributed by atoms with E-state index in [4.69, 9.17) is 4.42 Å². The molecule has 0 amide bonds. The van der Waals surface area contributed by atoms with E-state index in [1.165, 1.54) is 0 Å². The van der Waals surface area contributed by atoms with Crippen LogP contribution >= 0.6 is 15.9 Å². The third kappa shape index (κ3) is 3.38. The summed E-state index contributed by atoms with van der Waals surface area (Å²) in [5.74, 6) is 2.85. The highest BCUT2D eigenvalue weighted by Gasteiger charge is 2.24. The van der Waals surface area contributed by atoms with E-state index in [1.807, 2.05) is 26.0 Å². The van der Waals surface area contributed by atoms with Gasteiger partial charge in [-0.15, -0.1) is 0 Å². The maximum Gasteiger partial charge on any atom is 0.128 e. The second kappa shape index (κ2) is 5.37. The molecule has 0 atom stereocenters. The average Bonchev–Trinajstić information content (AvgIpc) is 2.75. The SMILES string of the molecule is Cc1ccc(C(C)(C)CNc2ncc(Br)cc2C)o1. The minimum atomic E-state index is -0.0740. The van der Waals surface area contributed by atoms with Gasteiger partial charge in [0.2, 0.25) is 0 Å². The van der Waals surface area contributed by atoms with Crippen molar-refractivity contribution < 1.29 is 4.42 Å². The van der Waals surface area contributed by atoms with Crippen molar-refractivity contribution >= 4 is 21.7 Å². The summed E-state index contributed by atoms with van der Waals surface area (Å²) in [6, 6.07) is 6.10. The third-order valence-electron chi connectivity index (χ3n) is 3.15. The molecular formula is C15H19BrN2O. The summed E-state index contributed by atoms with van der Waals surface area (Å²) in [5.41, 5.74) is 1.05. The Morgan fingerprint density at radius 3 is 2.63 bits per heavy atom. The highest BCUT2D eigenvalue weighted by atomic mass is 79.9. The van der Waals surface area contributed by atoms with Crippen molar-refractivity contribution in [2.75, 3.05) is 11.9 Å². The van der Waals surface area contributed by atoms with Crippen molar-refractivity contribution in [1.29, 1.82) is 0 Å². The number of rotatable bonds is 4. The molecule has 0 saturated carbocycles. The maximum absolute atomic E-state index is 5.72. The first kappa shape index (κ1) is 14.1. The Balaban J connectivity index is 2.09. The van der Waals surface area contributed by atoms with Gasteiger partial charge in [-0.1, -0.05) is 13.8 Å². The van der Waals surface area contributed by atoms with Crippen LogP contribution in [-0.2, 0) is 5.41 Å². The summed E-state index contributed by atoms with van der Waals surface area (Å²) in [6.07, 6.45) is 1.80. The zero-order chi connectivity index (χ0) is 14.0. The summed E-state index contributed by atoms with van der Waals surface area (Å²) in [6.45, 7) is 9.10. The lowest BCUT2D eigenvalue weighted by Crippen LogP contribution is -2.27. The Morgan fingerprint density at radius 1 is 1.32 bits per heavy atom. The van der Waals surface area contributed by atoms with Crippen LogP contribution in [0.5, 0.6) is 0 Å². The molecule has 2 aromatic rings. The zero-order valence-electron chi connectivity index (χ0n) is 11.7. The predicted octanol–water partition coefficient (Wildman–Crippen LogP) is 4.44. The van der Waals surface area contributed by atoms with E-state index >= 15 is 0 Å². The van der Waals surface area contributed by atoms with E-state index in [2.05, 4.69) is 46.1 Å². The molecule has 2 aromatic heterocycles. The van der Waals surface area contributed by atoms with E-state index in [-0.39, 0.29) is 5.41 Å². The molecule has 0 bridgehead atoms. The lowest BCUT2D eigenvalue weighted by atomic mass is 9.90. The molecule has 0 aliphatic carbocycles. The quantitative estimate of drug-likeness (QED) is 0.904. The molecule has 0 spiro atoms. The van der Waals surface area contributed by atoms with Crippen molar-refractivity contribution in [3.63, 3.8) is 0 Å². The van der Waals surface area contributed by atoms with Crippen LogP contribution in [0, 0.1) is 13.8 Å². The molecule has 0 aliphatic heterocycles. The molecule has 102 valence electrons. The van der Waals surface area contributed by atoms with Gasteiger partial charge in [-0.2, -0.15) is 0 Å². The van der Waals surface area contributed by atoms with Gasteiger partial charge in [0.1, 0.15) is 17.3 Å². The largest absolute Gasteiger partial charge is 0.466 e.